The molecule has 0 spiro atoms. The van der Waals surface area contributed by atoms with E-state index in [2.05, 4.69) is 17.1 Å². The van der Waals surface area contributed by atoms with Gasteiger partial charge in [-0.3, -0.25) is 0 Å². The van der Waals surface area contributed by atoms with Gasteiger partial charge in [0.25, 0.3) is 0 Å². The van der Waals surface area contributed by atoms with E-state index in [1.54, 1.807) is 9.80 Å². The maximum atomic E-state index is 12.7. The second-order valence-electron chi connectivity index (χ2n) is 5.75. The second kappa shape index (κ2) is 6.01. The number of hydrogen-bond donors (Lipinski definition) is 2. The Morgan fingerprint density at radius 3 is 2.77 bits per heavy atom. The Morgan fingerprint density at radius 1 is 1.36 bits per heavy atom. The minimum absolute atomic E-state index is 0.00774. The molecule has 1 aromatic heterocycles. The number of aromatic nitrogens is 1. The van der Waals surface area contributed by atoms with Crippen LogP contribution < -0.4 is 0 Å². The molecule has 1 aromatic carbocycles. The summed E-state index contributed by atoms with van der Waals surface area (Å²) in [5.41, 5.74) is 3.42. The number of aromatic amines is 1. The SMILES string of the molecule is CCN(CC)C(=O)N1Cc2[nH]c3ccccc3c2CC1CO. The van der Waals surface area contributed by atoms with Gasteiger partial charge in [-0.05, 0) is 31.9 Å². The molecular formula is C17H23N3O2. The van der Waals surface area contributed by atoms with Gasteiger partial charge in [0.15, 0.2) is 0 Å². The van der Waals surface area contributed by atoms with E-state index in [0.29, 0.717) is 26.1 Å². The number of rotatable bonds is 3. The summed E-state index contributed by atoms with van der Waals surface area (Å²) in [6, 6.07) is 8.04. The Kier molecular flexibility index (Phi) is 4.07. The van der Waals surface area contributed by atoms with Gasteiger partial charge < -0.3 is 19.9 Å². The Balaban J connectivity index is 1.96. The van der Waals surface area contributed by atoms with Gasteiger partial charge in [0.05, 0.1) is 19.2 Å². The minimum Gasteiger partial charge on any atom is -0.394 e. The summed E-state index contributed by atoms with van der Waals surface area (Å²) in [6.45, 7) is 5.85. The van der Waals surface area contributed by atoms with Crippen LogP contribution in [-0.4, -0.2) is 51.7 Å². The number of carbonyl (C=O) groups excluding carboxylic acids is 1. The van der Waals surface area contributed by atoms with E-state index in [0.717, 1.165) is 11.2 Å². The van der Waals surface area contributed by atoms with E-state index < -0.39 is 0 Å². The molecule has 0 saturated carbocycles. The van der Waals surface area contributed by atoms with Crippen molar-refractivity contribution in [1.82, 2.24) is 14.8 Å². The van der Waals surface area contributed by atoms with Gasteiger partial charge >= 0.3 is 6.03 Å². The Hall–Kier alpha value is -2.01. The number of para-hydroxylation sites is 1. The number of amides is 2. The van der Waals surface area contributed by atoms with Crippen LogP contribution in [0.3, 0.4) is 0 Å². The average molecular weight is 301 g/mol. The Bertz CT molecular complexity index is 676. The molecular weight excluding hydrogens is 278 g/mol. The van der Waals surface area contributed by atoms with Crippen molar-refractivity contribution < 1.29 is 9.90 Å². The van der Waals surface area contributed by atoms with Crippen molar-refractivity contribution >= 4 is 16.9 Å². The van der Waals surface area contributed by atoms with Gasteiger partial charge in [-0.25, -0.2) is 4.79 Å². The average Bonchev–Trinajstić information content (AvgIpc) is 2.92. The maximum absolute atomic E-state index is 12.7. The Morgan fingerprint density at radius 2 is 2.09 bits per heavy atom. The van der Waals surface area contributed by atoms with Crippen LogP contribution in [0.4, 0.5) is 4.79 Å². The summed E-state index contributed by atoms with van der Waals surface area (Å²) in [4.78, 5) is 19.7. The monoisotopic (exact) mass is 301 g/mol. The molecule has 0 fully saturated rings. The third-order valence-electron chi connectivity index (χ3n) is 4.60. The molecule has 1 unspecified atom stereocenters. The molecule has 0 bridgehead atoms. The van der Waals surface area contributed by atoms with Crippen LogP contribution in [0.2, 0.25) is 0 Å². The third kappa shape index (κ3) is 2.35. The standard InChI is InChI=1S/C17H23N3O2/c1-3-19(4-2)17(22)20-10-16-14(9-12(20)11-21)13-7-5-6-8-15(13)18-16/h5-8,12,18,21H,3-4,9-11H2,1-2H3. The second-order valence-corrected chi connectivity index (χ2v) is 5.75. The number of hydrogen-bond acceptors (Lipinski definition) is 2. The first kappa shape index (κ1) is 14.9. The van der Waals surface area contributed by atoms with Crippen LogP contribution in [0.15, 0.2) is 24.3 Å². The van der Waals surface area contributed by atoms with Crippen molar-refractivity contribution in [3.05, 3.63) is 35.5 Å². The minimum atomic E-state index is -0.153. The van der Waals surface area contributed by atoms with Gasteiger partial charge in [-0.2, -0.15) is 0 Å². The molecule has 2 heterocycles. The summed E-state index contributed by atoms with van der Waals surface area (Å²) in [7, 11) is 0. The lowest BCUT2D eigenvalue weighted by Gasteiger charge is -2.37. The first-order chi connectivity index (χ1) is 10.7. The number of urea groups is 1. The predicted octanol–water partition coefficient (Wildman–Crippen LogP) is 2.35. The molecule has 1 aliphatic heterocycles. The van der Waals surface area contributed by atoms with Gasteiger partial charge in [-0.15, -0.1) is 0 Å². The van der Waals surface area contributed by atoms with Gasteiger partial charge in [0, 0.05) is 29.7 Å². The lowest BCUT2D eigenvalue weighted by Crippen LogP contribution is -2.51. The molecule has 5 heteroatoms. The van der Waals surface area contributed by atoms with Crippen LogP contribution >= 0.6 is 0 Å². The molecule has 5 nitrogen and oxygen atoms in total. The van der Waals surface area contributed by atoms with E-state index in [4.69, 9.17) is 0 Å². The number of nitrogens with zero attached hydrogens (tertiary/aromatic N) is 2. The van der Waals surface area contributed by atoms with Crippen molar-refractivity contribution in [2.45, 2.75) is 32.9 Å². The van der Waals surface area contributed by atoms with Crippen LogP contribution in [0, 0.1) is 0 Å². The van der Waals surface area contributed by atoms with Crippen molar-refractivity contribution in [2.75, 3.05) is 19.7 Å². The number of nitrogens with one attached hydrogen (secondary N) is 1. The van der Waals surface area contributed by atoms with Crippen molar-refractivity contribution in [1.29, 1.82) is 0 Å². The zero-order valence-electron chi connectivity index (χ0n) is 13.2. The highest BCUT2D eigenvalue weighted by Crippen LogP contribution is 2.30. The molecule has 0 aliphatic carbocycles. The highest BCUT2D eigenvalue weighted by atomic mass is 16.3. The maximum Gasteiger partial charge on any atom is 0.320 e. The first-order valence-electron chi connectivity index (χ1n) is 7.94. The summed E-state index contributed by atoms with van der Waals surface area (Å²) in [5.74, 6) is 0. The van der Waals surface area contributed by atoms with Crippen LogP contribution in [0.25, 0.3) is 10.9 Å². The van der Waals surface area contributed by atoms with Gasteiger partial charge in [0.1, 0.15) is 0 Å². The van der Waals surface area contributed by atoms with Gasteiger partial charge in [0.2, 0.25) is 0 Å². The molecule has 1 atom stereocenters. The zero-order chi connectivity index (χ0) is 15.7. The lowest BCUT2D eigenvalue weighted by atomic mass is 9.97. The summed E-state index contributed by atoms with van der Waals surface area (Å²) in [6.07, 6.45) is 0.697. The number of benzene rings is 1. The molecule has 1 aliphatic rings. The lowest BCUT2D eigenvalue weighted by molar-refractivity contribution is 0.0968. The number of fused-ring (bicyclic) bond motifs is 3. The van der Waals surface area contributed by atoms with E-state index in [-0.39, 0.29) is 18.7 Å². The fourth-order valence-electron chi connectivity index (χ4n) is 3.33. The molecule has 2 N–H and O–H groups in total. The molecule has 0 radical (unpaired) electrons. The number of aliphatic hydroxyl groups is 1. The van der Waals surface area contributed by atoms with Crippen molar-refractivity contribution in [3.8, 4) is 0 Å². The van der Waals surface area contributed by atoms with Gasteiger partial charge in [-0.1, -0.05) is 18.2 Å². The normalized spacial score (nSPS) is 17.6. The number of carbonyl (C=O) groups is 1. The molecule has 3 rings (SSSR count). The van der Waals surface area contributed by atoms with Crippen molar-refractivity contribution in [2.24, 2.45) is 0 Å². The molecule has 2 amide bonds. The zero-order valence-corrected chi connectivity index (χ0v) is 13.2. The van der Waals surface area contributed by atoms with Crippen molar-refractivity contribution in [3.63, 3.8) is 0 Å². The fraction of sp³-hybridized carbons (Fsp3) is 0.471. The molecule has 118 valence electrons. The fourth-order valence-corrected chi connectivity index (χ4v) is 3.33. The summed E-state index contributed by atoms with van der Waals surface area (Å²) in [5, 5.41) is 10.9. The highest BCUT2D eigenvalue weighted by Gasteiger charge is 2.33. The molecule has 0 saturated heterocycles. The Labute approximate surface area is 130 Å². The van der Waals surface area contributed by atoms with Crippen LogP contribution in [-0.2, 0) is 13.0 Å². The van der Waals surface area contributed by atoms with Crippen LogP contribution in [0.1, 0.15) is 25.1 Å². The summed E-state index contributed by atoms with van der Waals surface area (Å²) < 4.78 is 0. The smallest absolute Gasteiger partial charge is 0.320 e. The highest BCUT2D eigenvalue weighted by molar-refractivity contribution is 5.85. The quantitative estimate of drug-likeness (QED) is 0.914. The first-order valence-corrected chi connectivity index (χ1v) is 7.94. The third-order valence-corrected chi connectivity index (χ3v) is 4.60. The summed E-state index contributed by atoms with van der Waals surface area (Å²) >= 11 is 0. The van der Waals surface area contributed by atoms with E-state index in [1.165, 1.54) is 10.9 Å². The topological polar surface area (TPSA) is 59.6 Å². The molecule has 22 heavy (non-hydrogen) atoms. The number of H-pyrrole nitrogens is 1. The van der Waals surface area contributed by atoms with E-state index in [1.807, 2.05) is 26.0 Å². The van der Waals surface area contributed by atoms with E-state index >= 15 is 0 Å². The largest absolute Gasteiger partial charge is 0.394 e. The predicted molar refractivity (Wildman–Crippen MR) is 86.7 cm³/mol. The molecule has 2 aromatic rings. The number of aliphatic hydroxyl groups excluding tert-OH is 1. The van der Waals surface area contributed by atoms with E-state index in [9.17, 15) is 9.90 Å². The van der Waals surface area contributed by atoms with Crippen LogP contribution in [0.5, 0.6) is 0 Å².